The van der Waals surface area contributed by atoms with Crippen LogP contribution in [0.1, 0.15) is 45.6 Å². The summed E-state index contributed by atoms with van der Waals surface area (Å²) in [6.07, 6.45) is 8.99. The molecule has 13 nitrogen and oxygen atoms in total. The van der Waals surface area contributed by atoms with Crippen molar-refractivity contribution in [1.82, 2.24) is 23.7 Å². The van der Waals surface area contributed by atoms with Crippen LogP contribution in [0.3, 0.4) is 0 Å². The second-order valence-electron chi connectivity index (χ2n) is 14.1. The van der Waals surface area contributed by atoms with Gasteiger partial charge in [0.2, 0.25) is 0 Å². The molecule has 0 bridgehead atoms. The fourth-order valence-corrected chi connectivity index (χ4v) is 7.87. The summed E-state index contributed by atoms with van der Waals surface area (Å²) in [6.45, 7) is 9.40. The molecule has 4 rings (SSSR count). The Labute approximate surface area is 306 Å². The minimum Gasteiger partial charge on any atom is -0.442 e. The van der Waals surface area contributed by atoms with Gasteiger partial charge < -0.3 is 38.7 Å². The number of aldehydes is 2. The summed E-state index contributed by atoms with van der Waals surface area (Å²) < 4.78 is 49.9. The number of aromatic nitrogens is 2. The number of amides is 1. The zero-order valence-electron chi connectivity index (χ0n) is 30.8. The Kier molecular flexibility index (Phi) is 14.7. The van der Waals surface area contributed by atoms with Gasteiger partial charge in [0.1, 0.15) is 24.5 Å². The first kappa shape index (κ1) is 40.8. The van der Waals surface area contributed by atoms with Crippen LogP contribution in [0.15, 0.2) is 53.5 Å². The fraction of sp³-hybridized carbons (Fsp3) is 0.568. The molecule has 1 aromatic heterocycles. The molecule has 0 radical (unpaired) electrons. The molecule has 1 aromatic carbocycles. The maximum absolute atomic E-state index is 14.9. The van der Waals surface area contributed by atoms with Gasteiger partial charge in [-0.1, -0.05) is 31.6 Å². The van der Waals surface area contributed by atoms with Crippen molar-refractivity contribution >= 4 is 40.5 Å². The molecule has 2 saturated heterocycles. The van der Waals surface area contributed by atoms with E-state index in [9.17, 15) is 32.3 Å². The van der Waals surface area contributed by atoms with Gasteiger partial charge in [0, 0.05) is 83.6 Å². The molecule has 0 unspecified atom stereocenters. The Hall–Kier alpha value is -3.92. The van der Waals surface area contributed by atoms with Gasteiger partial charge in [-0.2, -0.15) is 4.31 Å². The van der Waals surface area contributed by atoms with E-state index in [1.807, 2.05) is 44.9 Å². The van der Waals surface area contributed by atoms with Crippen molar-refractivity contribution in [3.8, 4) is 0 Å². The highest BCUT2D eigenvalue weighted by Crippen LogP contribution is 2.28. The highest BCUT2D eigenvalue weighted by Gasteiger charge is 2.31. The zero-order chi connectivity index (χ0) is 38.0. The van der Waals surface area contributed by atoms with E-state index in [1.54, 1.807) is 28.7 Å². The van der Waals surface area contributed by atoms with Crippen molar-refractivity contribution in [2.45, 2.75) is 57.3 Å². The van der Waals surface area contributed by atoms with E-state index < -0.39 is 40.1 Å². The van der Waals surface area contributed by atoms with Crippen molar-refractivity contribution in [1.29, 1.82) is 0 Å². The lowest BCUT2D eigenvalue weighted by molar-refractivity contribution is -0.111. The number of likely N-dealkylation sites (N-methyl/N-ethyl adjacent to an activating group) is 1. The molecular formula is C37H53FN6O7S. The number of rotatable bonds is 16. The first-order chi connectivity index (χ1) is 24.7. The van der Waals surface area contributed by atoms with Gasteiger partial charge in [-0.25, -0.2) is 22.6 Å². The van der Waals surface area contributed by atoms with Crippen molar-refractivity contribution in [3.63, 3.8) is 0 Å². The summed E-state index contributed by atoms with van der Waals surface area (Å²) in [5, 5.41) is 10.1. The van der Waals surface area contributed by atoms with Crippen LogP contribution in [-0.2, 0) is 31.4 Å². The number of carbonyl (C=O) groups is 3. The third kappa shape index (κ3) is 11.0. The second-order valence-corrected chi connectivity index (χ2v) is 15.9. The molecule has 0 saturated carbocycles. The Morgan fingerprint density at radius 1 is 1.00 bits per heavy atom. The molecule has 2 aromatic rings. The van der Waals surface area contributed by atoms with Crippen LogP contribution in [0.25, 0.3) is 6.08 Å². The lowest BCUT2D eigenvalue weighted by Crippen LogP contribution is -2.48. The maximum Gasteiger partial charge on any atom is 0.410 e. The highest BCUT2D eigenvalue weighted by atomic mass is 32.2. The molecule has 1 N–H and O–H groups in total. The summed E-state index contributed by atoms with van der Waals surface area (Å²) in [4.78, 5) is 46.1. The fourth-order valence-electron chi connectivity index (χ4n) is 6.49. The number of anilines is 1. The molecule has 2 aliphatic rings. The summed E-state index contributed by atoms with van der Waals surface area (Å²) in [5.74, 6) is -1.47. The molecular weight excluding hydrogens is 692 g/mol. The molecule has 2 fully saturated rings. The van der Waals surface area contributed by atoms with E-state index in [0.29, 0.717) is 62.1 Å². The number of ether oxygens (including phenoxy) is 1. The second kappa shape index (κ2) is 18.7. The summed E-state index contributed by atoms with van der Waals surface area (Å²) in [6, 6.07) is 4.64. The Balaban J connectivity index is 1.45. The number of piperazine rings is 2. The number of sulfonamides is 1. The molecule has 52 heavy (non-hydrogen) atoms. The maximum atomic E-state index is 14.9. The lowest BCUT2D eigenvalue weighted by atomic mass is 9.86. The van der Waals surface area contributed by atoms with E-state index in [1.165, 1.54) is 29.0 Å². The zero-order valence-corrected chi connectivity index (χ0v) is 31.6. The minimum absolute atomic E-state index is 0.00599. The predicted octanol–water partition coefficient (Wildman–Crippen LogP) is 3.60. The lowest BCUT2D eigenvalue weighted by Gasteiger charge is -2.35. The average Bonchev–Trinajstić information content (AvgIpc) is 3.56. The minimum atomic E-state index is -3.73. The van der Waals surface area contributed by atoms with Gasteiger partial charge >= 0.3 is 6.09 Å². The van der Waals surface area contributed by atoms with Crippen LogP contribution < -0.4 is 4.90 Å². The van der Waals surface area contributed by atoms with Crippen molar-refractivity contribution in [2.75, 3.05) is 64.3 Å². The average molecular weight is 745 g/mol. The van der Waals surface area contributed by atoms with Gasteiger partial charge in [0.05, 0.1) is 12.4 Å². The van der Waals surface area contributed by atoms with Gasteiger partial charge in [0.25, 0.3) is 10.0 Å². The van der Waals surface area contributed by atoms with Crippen LogP contribution in [0, 0.1) is 23.6 Å². The molecule has 3 heterocycles. The first-order valence-electron chi connectivity index (χ1n) is 17.8. The smallest absolute Gasteiger partial charge is 0.410 e. The van der Waals surface area contributed by atoms with E-state index in [2.05, 4.69) is 9.88 Å². The molecule has 0 spiro atoms. The van der Waals surface area contributed by atoms with Crippen molar-refractivity contribution in [2.24, 2.45) is 24.8 Å². The van der Waals surface area contributed by atoms with E-state index in [0.717, 1.165) is 19.4 Å². The molecule has 2 aliphatic heterocycles. The monoisotopic (exact) mass is 744 g/mol. The van der Waals surface area contributed by atoms with Crippen molar-refractivity contribution < 1.29 is 37.0 Å². The number of allylic oxidation sites excluding steroid dienone is 2. The molecule has 286 valence electrons. The normalized spacial score (nSPS) is 19.6. The third-order valence-electron chi connectivity index (χ3n) is 9.91. The van der Waals surface area contributed by atoms with Crippen molar-refractivity contribution in [3.05, 3.63) is 59.8 Å². The van der Waals surface area contributed by atoms with Crippen LogP contribution in [-0.4, -0.2) is 127 Å². The molecule has 5 atom stereocenters. The molecule has 1 amide bonds. The number of hydrogen-bond acceptors (Lipinski definition) is 10. The summed E-state index contributed by atoms with van der Waals surface area (Å²) >= 11 is 0. The van der Waals surface area contributed by atoms with Gasteiger partial charge in [-0.3, -0.25) is 0 Å². The number of benzene rings is 1. The predicted molar refractivity (Wildman–Crippen MR) is 197 cm³/mol. The largest absolute Gasteiger partial charge is 0.442 e. The Bertz CT molecular complexity index is 1680. The Morgan fingerprint density at radius 2 is 1.69 bits per heavy atom. The van der Waals surface area contributed by atoms with Gasteiger partial charge in [-0.15, -0.1) is 0 Å². The topological polar surface area (TPSA) is 146 Å². The van der Waals surface area contributed by atoms with Crippen LogP contribution in [0.2, 0.25) is 0 Å². The summed E-state index contributed by atoms with van der Waals surface area (Å²) in [7, 11) is -0.0290. The number of halogens is 1. The number of hydrogen-bond donors (Lipinski definition) is 1. The third-order valence-corrected chi connectivity index (χ3v) is 11.7. The first-order valence-corrected chi connectivity index (χ1v) is 19.3. The van der Waals surface area contributed by atoms with Crippen LogP contribution >= 0.6 is 0 Å². The number of aliphatic hydroxyl groups is 1. The van der Waals surface area contributed by atoms with E-state index in [4.69, 9.17) is 4.74 Å². The quantitative estimate of drug-likeness (QED) is 0.200. The van der Waals surface area contributed by atoms with Crippen LogP contribution in [0.5, 0.6) is 0 Å². The van der Waals surface area contributed by atoms with E-state index in [-0.39, 0.29) is 36.4 Å². The van der Waals surface area contributed by atoms with Gasteiger partial charge in [-0.05, 0) is 68.5 Å². The van der Waals surface area contributed by atoms with E-state index >= 15 is 0 Å². The number of carbonyl (C=O) groups excluding carboxylic acids is 3. The number of imidazole rings is 1. The standard InChI is InChI=1S/C37H53FN6O7S/c1-27(7-9-35(28(2)6-8-33(47)10-19-45)51-37(48)43-13-11-40(4)12-14-43)34(25-46)29(3)20-30-21-31(38)23-32(22-30)42-15-17-44(18-16-42)52(49,50)36-24-41(5)26-39-36/h7,9,19-28,33-35,47H,6,8,10-18H2,1-5H3/b9-7+,29-20+/t27-,28-,33+,34-,35-/m0/s1. The number of nitrogens with zero attached hydrogens (tertiary/aromatic N) is 6. The number of aryl methyl sites for hydroxylation is 1. The van der Waals surface area contributed by atoms with Crippen LogP contribution in [0.4, 0.5) is 14.9 Å². The highest BCUT2D eigenvalue weighted by molar-refractivity contribution is 7.89. The SMILES string of the molecule is C/C(=C\c1cc(F)cc(N2CCN(S(=O)(=O)c3cn(C)cn3)CC2)c1)[C@@H](C=O)[C@@H](C)/C=C/[C@H](OC(=O)N1CCN(C)CC1)[C@@H](C)CC[C@@H](O)CC=O. The molecule has 0 aliphatic carbocycles. The van der Waals surface area contributed by atoms with Gasteiger partial charge in [0.15, 0.2) is 5.03 Å². The number of aliphatic hydroxyl groups excluding tert-OH is 1. The molecule has 15 heteroatoms. The summed E-state index contributed by atoms with van der Waals surface area (Å²) in [5.41, 5.74) is 1.90. The Morgan fingerprint density at radius 3 is 2.31 bits per heavy atom.